The topological polar surface area (TPSA) is 52.0 Å². The summed E-state index contributed by atoms with van der Waals surface area (Å²) in [4.78, 5) is 0. The summed E-state index contributed by atoms with van der Waals surface area (Å²) in [7, 11) is 0. The van der Waals surface area contributed by atoms with E-state index in [-0.39, 0.29) is 0 Å². The van der Waals surface area contributed by atoms with Crippen molar-refractivity contribution in [2.45, 2.75) is 20.3 Å². The molecule has 0 bridgehead atoms. The standard InChI is InChI=1S/C9H14N2/c1-3-7-8(10)4-6(2)5-9(7)11/h4-5H,3,10-11H2,1-2H3. The first-order valence-corrected chi connectivity index (χ1v) is 3.79. The van der Waals surface area contributed by atoms with Gasteiger partial charge in [0.05, 0.1) is 0 Å². The van der Waals surface area contributed by atoms with Gasteiger partial charge < -0.3 is 11.5 Å². The van der Waals surface area contributed by atoms with Crippen molar-refractivity contribution in [3.05, 3.63) is 23.3 Å². The Bertz CT molecular complexity index is 243. The van der Waals surface area contributed by atoms with E-state index in [0.717, 1.165) is 28.9 Å². The van der Waals surface area contributed by atoms with Gasteiger partial charge in [0.1, 0.15) is 0 Å². The van der Waals surface area contributed by atoms with Gasteiger partial charge in [0.25, 0.3) is 0 Å². The molecule has 0 aliphatic rings. The molecule has 0 saturated carbocycles. The molecule has 0 aliphatic carbocycles. The first-order chi connectivity index (χ1) is 5.15. The number of hydrogen-bond donors (Lipinski definition) is 2. The van der Waals surface area contributed by atoms with Gasteiger partial charge in [-0.15, -0.1) is 0 Å². The number of rotatable bonds is 1. The Balaban J connectivity index is 3.25. The smallest absolute Gasteiger partial charge is 0.0369 e. The Hall–Kier alpha value is -1.18. The molecule has 4 N–H and O–H groups in total. The third-order valence-electron chi connectivity index (χ3n) is 1.82. The molecule has 1 aromatic rings. The van der Waals surface area contributed by atoms with Gasteiger partial charge in [-0.05, 0) is 36.6 Å². The molecule has 2 nitrogen and oxygen atoms in total. The van der Waals surface area contributed by atoms with Gasteiger partial charge in [-0.1, -0.05) is 6.92 Å². The van der Waals surface area contributed by atoms with Crippen molar-refractivity contribution in [3.8, 4) is 0 Å². The Kier molecular flexibility index (Phi) is 2.03. The fourth-order valence-electron chi connectivity index (χ4n) is 1.28. The average molecular weight is 150 g/mol. The molecule has 0 saturated heterocycles. The van der Waals surface area contributed by atoms with Crippen LogP contribution in [-0.4, -0.2) is 0 Å². The molecule has 0 aliphatic heterocycles. The molecule has 11 heavy (non-hydrogen) atoms. The van der Waals surface area contributed by atoms with E-state index in [1.165, 1.54) is 0 Å². The van der Waals surface area contributed by atoms with Crippen LogP contribution in [0.3, 0.4) is 0 Å². The predicted molar refractivity (Wildman–Crippen MR) is 49.4 cm³/mol. The van der Waals surface area contributed by atoms with Crippen molar-refractivity contribution in [2.75, 3.05) is 11.5 Å². The van der Waals surface area contributed by atoms with Crippen LogP contribution in [0, 0.1) is 6.92 Å². The Morgan fingerprint density at radius 3 is 2.00 bits per heavy atom. The van der Waals surface area contributed by atoms with Gasteiger partial charge in [0.2, 0.25) is 0 Å². The lowest BCUT2D eigenvalue weighted by Crippen LogP contribution is -1.99. The molecule has 0 unspecified atom stereocenters. The molecule has 1 rings (SSSR count). The fraction of sp³-hybridized carbons (Fsp3) is 0.333. The van der Waals surface area contributed by atoms with Crippen LogP contribution in [0.15, 0.2) is 12.1 Å². The highest BCUT2D eigenvalue weighted by molar-refractivity contribution is 5.63. The third-order valence-corrected chi connectivity index (χ3v) is 1.82. The van der Waals surface area contributed by atoms with Crippen LogP contribution in [0.2, 0.25) is 0 Å². The molecule has 0 fully saturated rings. The second-order valence-electron chi connectivity index (χ2n) is 2.78. The summed E-state index contributed by atoms with van der Waals surface area (Å²) >= 11 is 0. The van der Waals surface area contributed by atoms with Crippen molar-refractivity contribution in [1.29, 1.82) is 0 Å². The zero-order valence-corrected chi connectivity index (χ0v) is 7.02. The summed E-state index contributed by atoms with van der Waals surface area (Å²) in [5, 5.41) is 0. The third kappa shape index (κ3) is 1.45. The molecule has 0 spiro atoms. The number of benzene rings is 1. The first-order valence-electron chi connectivity index (χ1n) is 3.79. The minimum Gasteiger partial charge on any atom is -0.398 e. The highest BCUT2D eigenvalue weighted by Crippen LogP contribution is 2.21. The largest absolute Gasteiger partial charge is 0.398 e. The Labute approximate surface area is 67.2 Å². The van der Waals surface area contributed by atoms with Gasteiger partial charge >= 0.3 is 0 Å². The Morgan fingerprint density at radius 2 is 1.64 bits per heavy atom. The summed E-state index contributed by atoms with van der Waals surface area (Å²) in [6, 6.07) is 3.91. The minimum absolute atomic E-state index is 0.810. The predicted octanol–water partition coefficient (Wildman–Crippen LogP) is 1.72. The van der Waals surface area contributed by atoms with E-state index in [4.69, 9.17) is 11.5 Å². The van der Waals surface area contributed by atoms with Crippen LogP contribution in [0.4, 0.5) is 11.4 Å². The van der Waals surface area contributed by atoms with Crippen molar-refractivity contribution in [1.82, 2.24) is 0 Å². The molecule has 0 aromatic heterocycles. The lowest BCUT2D eigenvalue weighted by atomic mass is 10.1. The van der Waals surface area contributed by atoms with Gasteiger partial charge in [-0.2, -0.15) is 0 Å². The minimum atomic E-state index is 0.810. The summed E-state index contributed by atoms with van der Waals surface area (Å²) in [6.45, 7) is 4.05. The lowest BCUT2D eigenvalue weighted by molar-refractivity contribution is 1.14. The van der Waals surface area contributed by atoms with Crippen molar-refractivity contribution >= 4 is 11.4 Å². The summed E-state index contributed by atoms with van der Waals surface area (Å²) in [5.41, 5.74) is 15.3. The van der Waals surface area contributed by atoms with Gasteiger partial charge in [-0.3, -0.25) is 0 Å². The molecule has 0 amide bonds. The second kappa shape index (κ2) is 2.82. The quantitative estimate of drug-likeness (QED) is 0.599. The molecule has 60 valence electrons. The molecular formula is C9H14N2. The van der Waals surface area contributed by atoms with Crippen molar-refractivity contribution < 1.29 is 0 Å². The van der Waals surface area contributed by atoms with Crippen LogP contribution in [0.25, 0.3) is 0 Å². The Morgan fingerprint density at radius 1 is 1.18 bits per heavy atom. The van der Waals surface area contributed by atoms with E-state index >= 15 is 0 Å². The highest BCUT2D eigenvalue weighted by atomic mass is 14.6. The average Bonchev–Trinajstić information content (AvgIpc) is 1.85. The van der Waals surface area contributed by atoms with Crippen LogP contribution in [0.1, 0.15) is 18.1 Å². The van der Waals surface area contributed by atoms with E-state index in [2.05, 4.69) is 6.92 Å². The van der Waals surface area contributed by atoms with Crippen LogP contribution < -0.4 is 11.5 Å². The second-order valence-corrected chi connectivity index (χ2v) is 2.78. The van der Waals surface area contributed by atoms with Crippen molar-refractivity contribution in [3.63, 3.8) is 0 Å². The van der Waals surface area contributed by atoms with E-state index < -0.39 is 0 Å². The highest BCUT2D eigenvalue weighted by Gasteiger charge is 2.01. The van der Waals surface area contributed by atoms with Gasteiger partial charge in [-0.25, -0.2) is 0 Å². The van der Waals surface area contributed by atoms with E-state index in [1.807, 2.05) is 19.1 Å². The molecule has 1 aromatic carbocycles. The molecule has 0 atom stereocenters. The molecule has 0 radical (unpaired) electrons. The number of anilines is 2. The summed E-state index contributed by atoms with van der Waals surface area (Å²) in [6.07, 6.45) is 0.901. The monoisotopic (exact) mass is 150 g/mol. The molecule has 0 heterocycles. The van der Waals surface area contributed by atoms with Crippen molar-refractivity contribution in [2.24, 2.45) is 0 Å². The first kappa shape index (κ1) is 7.92. The van der Waals surface area contributed by atoms with Crippen LogP contribution in [0.5, 0.6) is 0 Å². The van der Waals surface area contributed by atoms with Gasteiger partial charge in [0, 0.05) is 11.4 Å². The maximum atomic E-state index is 5.75. The van der Waals surface area contributed by atoms with Crippen LogP contribution in [-0.2, 0) is 6.42 Å². The number of hydrogen-bond acceptors (Lipinski definition) is 2. The normalized spacial score (nSPS) is 10.0. The van der Waals surface area contributed by atoms with E-state index in [9.17, 15) is 0 Å². The molecule has 2 heteroatoms. The SMILES string of the molecule is CCc1c(N)cc(C)cc1N. The maximum Gasteiger partial charge on any atom is 0.0369 e. The number of nitrogen functional groups attached to an aromatic ring is 2. The number of nitrogens with two attached hydrogens (primary N) is 2. The lowest BCUT2D eigenvalue weighted by Gasteiger charge is -2.07. The summed E-state index contributed by atoms with van der Waals surface area (Å²) < 4.78 is 0. The zero-order chi connectivity index (χ0) is 8.43. The maximum absolute atomic E-state index is 5.75. The van der Waals surface area contributed by atoms with E-state index in [0.29, 0.717) is 0 Å². The molecular weight excluding hydrogens is 136 g/mol. The van der Waals surface area contributed by atoms with E-state index in [1.54, 1.807) is 0 Å². The summed E-state index contributed by atoms with van der Waals surface area (Å²) in [5.74, 6) is 0. The number of aryl methyl sites for hydroxylation is 1. The fourth-order valence-corrected chi connectivity index (χ4v) is 1.28. The van der Waals surface area contributed by atoms with Crippen LogP contribution >= 0.6 is 0 Å². The zero-order valence-electron chi connectivity index (χ0n) is 7.02. The van der Waals surface area contributed by atoms with Gasteiger partial charge in [0.15, 0.2) is 0 Å².